The number of hydrogen-bond donors (Lipinski definition) is 2. The summed E-state index contributed by atoms with van der Waals surface area (Å²) in [6.45, 7) is 3.57. The average molecular weight is 299 g/mol. The lowest BCUT2D eigenvalue weighted by Gasteiger charge is -2.41. The van der Waals surface area contributed by atoms with Gasteiger partial charge in [0.25, 0.3) is 0 Å². The Morgan fingerprint density at radius 2 is 2.10 bits per heavy atom. The number of Topliss-reactive ketones (excluding diaryl/α,β-unsaturated/α-hetero) is 1. The van der Waals surface area contributed by atoms with Crippen molar-refractivity contribution < 1.29 is 24.2 Å². The van der Waals surface area contributed by atoms with Crippen molar-refractivity contribution >= 4 is 17.7 Å². The summed E-state index contributed by atoms with van der Waals surface area (Å²) in [5.74, 6) is -2.09. The largest absolute Gasteiger partial charge is 0.466 e. The van der Waals surface area contributed by atoms with Crippen LogP contribution in [0.25, 0.3) is 0 Å². The minimum absolute atomic E-state index is 0.0116. The van der Waals surface area contributed by atoms with Gasteiger partial charge in [-0.2, -0.15) is 0 Å². The smallest absolute Gasteiger partial charge is 0.310 e. The zero-order valence-electron chi connectivity index (χ0n) is 12.8. The van der Waals surface area contributed by atoms with E-state index in [1.165, 1.54) is 0 Å². The van der Waals surface area contributed by atoms with Crippen LogP contribution in [0.2, 0.25) is 0 Å². The van der Waals surface area contributed by atoms with Gasteiger partial charge in [0.1, 0.15) is 5.78 Å². The standard InChI is InChI=1S/C15H25NO5/c1-3-21-13(19)12-10(6-4-5-7-17)8-11(18)9-15(12,2)14(16)20/h10,12,17H,3-9H2,1-2H3,(H2,16,20)/t10-,12-,15-/m1/s1. The molecule has 1 saturated carbocycles. The highest BCUT2D eigenvalue weighted by molar-refractivity contribution is 5.95. The van der Waals surface area contributed by atoms with Crippen molar-refractivity contribution in [3.63, 3.8) is 0 Å². The van der Waals surface area contributed by atoms with E-state index in [9.17, 15) is 14.4 Å². The van der Waals surface area contributed by atoms with Gasteiger partial charge < -0.3 is 15.6 Å². The van der Waals surface area contributed by atoms with Gasteiger partial charge in [-0.3, -0.25) is 14.4 Å². The molecule has 1 fully saturated rings. The Kier molecular flexibility index (Phi) is 6.33. The quantitative estimate of drug-likeness (QED) is 0.534. The van der Waals surface area contributed by atoms with Crippen molar-refractivity contribution in [2.45, 2.75) is 46.0 Å². The van der Waals surface area contributed by atoms with Gasteiger partial charge in [-0.05, 0) is 32.6 Å². The summed E-state index contributed by atoms with van der Waals surface area (Å²) in [5, 5.41) is 8.87. The number of carbonyl (C=O) groups excluding carboxylic acids is 3. The van der Waals surface area contributed by atoms with E-state index in [1.807, 2.05) is 0 Å². The lowest BCUT2D eigenvalue weighted by molar-refractivity contribution is -0.164. The van der Waals surface area contributed by atoms with Gasteiger partial charge in [-0.15, -0.1) is 0 Å². The van der Waals surface area contributed by atoms with Crippen LogP contribution in [0.5, 0.6) is 0 Å². The predicted molar refractivity (Wildman–Crippen MR) is 76.1 cm³/mol. The Balaban J connectivity index is 3.03. The molecule has 3 atom stereocenters. The van der Waals surface area contributed by atoms with E-state index in [-0.39, 0.29) is 37.8 Å². The first-order valence-corrected chi connectivity index (χ1v) is 7.46. The Labute approximate surface area is 125 Å². The van der Waals surface area contributed by atoms with E-state index >= 15 is 0 Å². The normalized spacial score (nSPS) is 29.2. The molecule has 1 rings (SSSR count). The summed E-state index contributed by atoms with van der Waals surface area (Å²) < 4.78 is 5.09. The molecule has 0 aliphatic heterocycles. The highest BCUT2D eigenvalue weighted by atomic mass is 16.5. The van der Waals surface area contributed by atoms with E-state index < -0.39 is 23.2 Å². The van der Waals surface area contributed by atoms with Crippen molar-refractivity contribution in [3.05, 3.63) is 0 Å². The third-order valence-corrected chi connectivity index (χ3v) is 4.30. The summed E-state index contributed by atoms with van der Waals surface area (Å²) in [6.07, 6.45) is 2.14. The number of rotatable bonds is 7. The zero-order chi connectivity index (χ0) is 16.0. The molecule has 0 heterocycles. The van der Waals surface area contributed by atoms with Crippen LogP contribution in [0.1, 0.15) is 46.0 Å². The number of ketones is 1. The lowest BCUT2D eigenvalue weighted by Crippen LogP contribution is -2.52. The molecule has 0 radical (unpaired) electrons. The number of primary amides is 1. The van der Waals surface area contributed by atoms with Crippen LogP contribution < -0.4 is 5.73 Å². The van der Waals surface area contributed by atoms with Crippen molar-refractivity contribution in [3.8, 4) is 0 Å². The summed E-state index contributed by atoms with van der Waals surface area (Å²) in [5.41, 5.74) is 4.28. The number of ether oxygens (including phenoxy) is 1. The minimum Gasteiger partial charge on any atom is -0.466 e. The molecule has 3 N–H and O–H groups in total. The molecule has 0 aromatic carbocycles. The van der Waals surface area contributed by atoms with Crippen LogP contribution in [0, 0.1) is 17.3 Å². The van der Waals surface area contributed by atoms with Gasteiger partial charge in [0.15, 0.2) is 0 Å². The molecule has 1 amide bonds. The third kappa shape index (κ3) is 4.03. The fourth-order valence-electron chi connectivity index (χ4n) is 3.23. The predicted octanol–water partition coefficient (Wildman–Crippen LogP) is 0.799. The highest BCUT2D eigenvalue weighted by Crippen LogP contribution is 2.45. The number of nitrogens with two attached hydrogens (primary N) is 1. The van der Waals surface area contributed by atoms with Crippen molar-refractivity contribution in [2.24, 2.45) is 23.0 Å². The Morgan fingerprint density at radius 3 is 2.62 bits per heavy atom. The molecule has 0 aromatic heterocycles. The molecule has 1 aliphatic carbocycles. The number of carbonyl (C=O) groups is 3. The molecule has 1 aliphatic rings. The van der Waals surface area contributed by atoms with Crippen molar-refractivity contribution in [1.29, 1.82) is 0 Å². The van der Waals surface area contributed by atoms with E-state index in [0.717, 1.165) is 0 Å². The monoisotopic (exact) mass is 299 g/mol. The molecular formula is C15H25NO5. The number of unbranched alkanes of at least 4 members (excludes halogenated alkanes) is 1. The molecule has 6 heteroatoms. The maximum absolute atomic E-state index is 12.3. The van der Waals surface area contributed by atoms with Crippen LogP contribution >= 0.6 is 0 Å². The summed E-state index contributed by atoms with van der Waals surface area (Å²) in [6, 6.07) is 0. The fourth-order valence-corrected chi connectivity index (χ4v) is 3.23. The van der Waals surface area contributed by atoms with Gasteiger partial charge in [0, 0.05) is 19.4 Å². The molecule has 0 saturated heterocycles. The lowest BCUT2D eigenvalue weighted by atomic mass is 9.60. The number of esters is 1. The number of hydrogen-bond acceptors (Lipinski definition) is 5. The van der Waals surface area contributed by atoms with Crippen molar-refractivity contribution in [1.82, 2.24) is 0 Å². The van der Waals surface area contributed by atoms with E-state index in [4.69, 9.17) is 15.6 Å². The molecule has 0 bridgehead atoms. The first kappa shape index (κ1) is 17.6. The molecular weight excluding hydrogens is 274 g/mol. The number of aliphatic hydroxyl groups is 1. The fraction of sp³-hybridized carbons (Fsp3) is 0.800. The van der Waals surface area contributed by atoms with Crippen molar-refractivity contribution in [2.75, 3.05) is 13.2 Å². The van der Waals surface area contributed by atoms with Crippen LogP contribution in [0.3, 0.4) is 0 Å². The van der Waals surface area contributed by atoms with Gasteiger partial charge in [-0.25, -0.2) is 0 Å². The minimum atomic E-state index is -1.19. The molecule has 120 valence electrons. The van der Waals surface area contributed by atoms with E-state index in [1.54, 1.807) is 13.8 Å². The first-order valence-electron chi connectivity index (χ1n) is 7.46. The van der Waals surface area contributed by atoms with E-state index in [0.29, 0.717) is 19.3 Å². The maximum atomic E-state index is 12.3. The van der Waals surface area contributed by atoms with Gasteiger partial charge >= 0.3 is 5.97 Å². The third-order valence-electron chi connectivity index (χ3n) is 4.30. The topological polar surface area (TPSA) is 107 Å². The molecule has 0 aromatic rings. The SMILES string of the molecule is CCOC(=O)[C@H]1[C@H](CCCCO)CC(=O)C[C@@]1(C)C(N)=O. The number of aliphatic hydroxyl groups excluding tert-OH is 1. The maximum Gasteiger partial charge on any atom is 0.310 e. The van der Waals surface area contributed by atoms with Gasteiger partial charge in [0.2, 0.25) is 5.91 Å². The van der Waals surface area contributed by atoms with E-state index in [2.05, 4.69) is 0 Å². The Bertz CT molecular complexity index is 409. The average Bonchev–Trinajstić information content (AvgIpc) is 2.38. The van der Waals surface area contributed by atoms with Crippen LogP contribution in [-0.2, 0) is 19.1 Å². The molecule has 0 spiro atoms. The first-order chi connectivity index (χ1) is 9.86. The van der Waals surface area contributed by atoms with Crippen LogP contribution in [-0.4, -0.2) is 36.0 Å². The Morgan fingerprint density at radius 1 is 1.43 bits per heavy atom. The summed E-state index contributed by atoms with van der Waals surface area (Å²) in [4.78, 5) is 36.1. The second-order valence-electron chi connectivity index (χ2n) is 5.91. The second-order valence-corrected chi connectivity index (χ2v) is 5.91. The van der Waals surface area contributed by atoms with Gasteiger partial charge in [-0.1, -0.05) is 6.42 Å². The molecule has 0 unspecified atom stereocenters. The van der Waals surface area contributed by atoms with Crippen LogP contribution in [0.4, 0.5) is 0 Å². The van der Waals surface area contributed by atoms with Gasteiger partial charge in [0.05, 0.1) is 17.9 Å². The molecule has 6 nitrogen and oxygen atoms in total. The summed E-state index contributed by atoms with van der Waals surface area (Å²) >= 11 is 0. The van der Waals surface area contributed by atoms with Crippen LogP contribution in [0.15, 0.2) is 0 Å². The highest BCUT2D eigenvalue weighted by Gasteiger charge is 2.53. The number of amides is 1. The molecule has 21 heavy (non-hydrogen) atoms. The summed E-state index contributed by atoms with van der Waals surface area (Å²) in [7, 11) is 0. The zero-order valence-corrected chi connectivity index (χ0v) is 12.8. The second kappa shape index (κ2) is 7.54. The Hall–Kier alpha value is -1.43.